The largest absolute Gasteiger partial charge is 0.507 e. The molecular weight excluding hydrogens is 883 g/mol. The minimum absolute atomic E-state index is 0.123. The van der Waals surface area contributed by atoms with Crippen LogP contribution >= 0.6 is 0 Å². The van der Waals surface area contributed by atoms with Crippen molar-refractivity contribution in [3.8, 4) is 17.2 Å². The van der Waals surface area contributed by atoms with E-state index in [2.05, 4.69) is 0 Å². The van der Waals surface area contributed by atoms with Crippen LogP contribution in [0.2, 0.25) is 0 Å². The molecule has 0 bridgehead atoms. The van der Waals surface area contributed by atoms with Gasteiger partial charge in [0.05, 0.1) is 17.8 Å². The Kier molecular flexibility index (Phi) is 16.8. The smallest absolute Gasteiger partial charge is 0.342 e. The number of ether oxygens (including phenoxy) is 3. The van der Waals surface area contributed by atoms with Crippen molar-refractivity contribution in [1.82, 2.24) is 13.7 Å². The Bertz CT molecular complexity index is 2450. The van der Waals surface area contributed by atoms with E-state index in [1.54, 1.807) is 57.2 Å². The van der Waals surface area contributed by atoms with Crippen molar-refractivity contribution in [3.63, 3.8) is 0 Å². The third kappa shape index (κ3) is 11.7. The van der Waals surface area contributed by atoms with Gasteiger partial charge in [0.25, 0.3) is 0 Å². The molecule has 3 N–H and O–H groups in total. The molecule has 0 aliphatic carbocycles. The van der Waals surface area contributed by atoms with Crippen LogP contribution in [0.1, 0.15) is 211 Å². The lowest BCUT2D eigenvalue weighted by Gasteiger charge is -2.27. The molecule has 0 spiro atoms. The second-order valence-corrected chi connectivity index (χ2v) is 21.3. The van der Waals surface area contributed by atoms with Crippen molar-refractivity contribution in [2.75, 3.05) is 0 Å². The average molecular weight is 958 g/mol. The maximum atomic E-state index is 14.5. The molecule has 0 aliphatic rings. The number of esters is 3. The summed E-state index contributed by atoms with van der Waals surface area (Å²) in [5.41, 5.74) is -0.0399. The normalized spacial score (nSPS) is 14.9. The van der Waals surface area contributed by atoms with Crippen molar-refractivity contribution in [2.24, 2.45) is 0 Å². The molecule has 6 atom stereocenters. The molecule has 0 saturated heterocycles. The Balaban J connectivity index is 1.85. The first kappa shape index (κ1) is 55.5. The van der Waals surface area contributed by atoms with Crippen LogP contribution in [-0.4, -0.2) is 46.9 Å². The number of carbonyl (C=O) groups excluding carboxylic acids is 3. The summed E-state index contributed by atoms with van der Waals surface area (Å²) in [5, 5.41) is 33.0. The summed E-state index contributed by atoms with van der Waals surface area (Å²) >= 11 is 0. The lowest BCUT2D eigenvalue weighted by Crippen LogP contribution is -2.57. The van der Waals surface area contributed by atoms with Crippen molar-refractivity contribution in [3.05, 3.63) is 118 Å². The van der Waals surface area contributed by atoms with Gasteiger partial charge in [0.1, 0.15) is 17.2 Å². The molecular formula is C54H75N3O12. The van der Waals surface area contributed by atoms with Crippen LogP contribution in [0.25, 0.3) is 0 Å². The molecule has 0 radical (unpaired) electrons. The van der Waals surface area contributed by atoms with Gasteiger partial charge in [0.15, 0.2) is 18.7 Å². The standard InChI is InChI=1S/C54H75N3O12/c1-19-34-22-37(25-40(43(34)58)52(10,11)12)28(4)46(61)67-31(7)55-49(64)56(32(8)68-47(62)29(5)38-23-35(20-2)44(59)41(26-38)53(13,14)15)51(66)57(50(55)65)33(9)69-48(63)30(6)39-24-36(21-3)45(60)42(27-39)54(16,17)18/h22-33,58-60H,19-21H2,1-18H3. The predicted octanol–water partition coefficient (Wildman–Crippen LogP) is 9.46. The summed E-state index contributed by atoms with van der Waals surface area (Å²) in [5.74, 6) is -5.00. The fraction of sp³-hybridized carbons (Fsp3) is 0.556. The van der Waals surface area contributed by atoms with E-state index in [9.17, 15) is 44.1 Å². The molecule has 4 rings (SSSR count). The minimum atomic E-state index is -1.66. The Hall–Kier alpha value is -6.12. The number of hydrogen-bond acceptors (Lipinski definition) is 12. The lowest BCUT2D eigenvalue weighted by atomic mass is 9.82. The average Bonchev–Trinajstić information content (AvgIpc) is 3.24. The lowest BCUT2D eigenvalue weighted by molar-refractivity contribution is -0.156. The topological polar surface area (TPSA) is 206 Å². The minimum Gasteiger partial charge on any atom is -0.507 e. The van der Waals surface area contributed by atoms with Crippen LogP contribution in [0.5, 0.6) is 17.2 Å². The molecule has 1 heterocycles. The number of aromatic hydroxyl groups is 3. The third-order valence-corrected chi connectivity index (χ3v) is 12.9. The van der Waals surface area contributed by atoms with Crippen molar-refractivity contribution in [2.45, 2.75) is 197 Å². The molecule has 69 heavy (non-hydrogen) atoms. The molecule has 378 valence electrons. The molecule has 0 saturated carbocycles. The molecule has 1 aromatic heterocycles. The highest BCUT2D eigenvalue weighted by atomic mass is 16.6. The summed E-state index contributed by atoms with van der Waals surface area (Å²) in [6.45, 7) is 31.5. The monoisotopic (exact) mass is 958 g/mol. The maximum Gasteiger partial charge on any atom is 0.342 e. The first-order valence-corrected chi connectivity index (χ1v) is 23.9. The van der Waals surface area contributed by atoms with E-state index in [0.717, 1.165) is 0 Å². The number of carbonyl (C=O) groups is 3. The van der Waals surface area contributed by atoms with Gasteiger partial charge in [-0.15, -0.1) is 0 Å². The second kappa shape index (κ2) is 20.9. The van der Waals surface area contributed by atoms with Gasteiger partial charge in [-0.2, -0.15) is 0 Å². The van der Waals surface area contributed by atoms with Gasteiger partial charge in [-0.3, -0.25) is 14.4 Å². The van der Waals surface area contributed by atoms with Gasteiger partial charge >= 0.3 is 35.0 Å². The van der Waals surface area contributed by atoms with Crippen LogP contribution in [-0.2, 0) is 64.1 Å². The number of hydrogen-bond donors (Lipinski definition) is 3. The zero-order valence-electron chi connectivity index (χ0n) is 43.9. The van der Waals surface area contributed by atoms with E-state index in [1.807, 2.05) is 83.1 Å². The van der Waals surface area contributed by atoms with Crippen molar-refractivity contribution in [1.29, 1.82) is 0 Å². The molecule has 15 heteroatoms. The predicted molar refractivity (Wildman–Crippen MR) is 265 cm³/mol. The summed E-state index contributed by atoms with van der Waals surface area (Å²) < 4.78 is 19.0. The molecule has 0 fully saturated rings. The summed E-state index contributed by atoms with van der Waals surface area (Å²) in [6.07, 6.45) is -3.56. The van der Waals surface area contributed by atoms with E-state index < -0.39 is 87.7 Å². The first-order chi connectivity index (χ1) is 31.7. The molecule has 3 aromatic carbocycles. The van der Waals surface area contributed by atoms with Gasteiger partial charge in [-0.05, 0) is 127 Å². The van der Waals surface area contributed by atoms with Crippen LogP contribution in [0, 0.1) is 0 Å². The van der Waals surface area contributed by atoms with Gasteiger partial charge < -0.3 is 29.5 Å². The van der Waals surface area contributed by atoms with E-state index >= 15 is 0 Å². The van der Waals surface area contributed by atoms with Crippen LogP contribution in [0.15, 0.2) is 50.8 Å². The quantitative estimate of drug-likeness (QED) is 0.0753. The van der Waals surface area contributed by atoms with Gasteiger partial charge in [0.2, 0.25) is 0 Å². The number of phenols is 3. The van der Waals surface area contributed by atoms with E-state index in [4.69, 9.17) is 14.2 Å². The SMILES string of the molecule is CCc1cc(C(C)C(=O)OC(C)n2c(=O)n(C(C)OC(=O)C(C)c3cc(CC)c(O)c(C(C)(C)C)c3)c(=O)n(C(C)OC(=O)C(C)c3cc(CC)c(O)c(C(C)(C)C)c3)c2=O)cc(C(C)(C)C)c1O. The zero-order chi connectivity index (χ0) is 52.6. The number of aromatic nitrogens is 3. The Morgan fingerprint density at radius 3 is 0.812 bits per heavy atom. The molecule has 0 aliphatic heterocycles. The fourth-order valence-corrected chi connectivity index (χ4v) is 8.33. The van der Waals surface area contributed by atoms with E-state index in [1.165, 1.54) is 20.8 Å². The van der Waals surface area contributed by atoms with Crippen LogP contribution in [0.3, 0.4) is 0 Å². The molecule has 4 aromatic rings. The zero-order valence-corrected chi connectivity index (χ0v) is 43.9. The number of aryl methyl sites for hydroxylation is 3. The van der Waals surface area contributed by atoms with Crippen molar-refractivity contribution < 1.29 is 43.9 Å². The first-order valence-electron chi connectivity index (χ1n) is 23.9. The van der Waals surface area contributed by atoms with Gasteiger partial charge in [-0.25, -0.2) is 28.1 Å². The molecule has 15 nitrogen and oxygen atoms in total. The third-order valence-electron chi connectivity index (χ3n) is 12.9. The van der Waals surface area contributed by atoms with E-state index in [-0.39, 0.29) is 17.2 Å². The number of benzene rings is 3. The van der Waals surface area contributed by atoms with Gasteiger partial charge in [-0.1, -0.05) is 119 Å². The summed E-state index contributed by atoms with van der Waals surface area (Å²) in [7, 11) is 0. The fourth-order valence-electron chi connectivity index (χ4n) is 8.33. The highest BCUT2D eigenvalue weighted by Crippen LogP contribution is 2.40. The number of rotatable bonds is 15. The van der Waals surface area contributed by atoms with Crippen molar-refractivity contribution >= 4 is 17.9 Å². The molecule has 0 amide bonds. The highest BCUT2D eigenvalue weighted by Gasteiger charge is 2.34. The molecule has 6 unspecified atom stereocenters. The Morgan fingerprint density at radius 2 is 0.638 bits per heavy atom. The van der Waals surface area contributed by atoms with Gasteiger partial charge in [0, 0.05) is 0 Å². The number of phenolic OH excluding ortho intramolecular Hbond substituents is 3. The summed E-state index contributed by atoms with van der Waals surface area (Å²) in [6, 6.07) is 10.2. The van der Waals surface area contributed by atoms with E-state index in [0.29, 0.717) is 83.0 Å². The van der Waals surface area contributed by atoms with Crippen LogP contribution < -0.4 is 17.1 Å². The number of nitrogens with zero attached hydrogens (tertiary/aromatic N) is 3. The highest BCUT2D eigenvalue weighted by molar-refractivity contribution is 5.79. The second-order valence-electron chi connectivity index (χ2n) is 21.3. The Labute approximate surface area is 406 Å². The summed E-state index contributed by atoms with van der Waals surface area (Å²) in [4.78, 5) is 85.5. The Morgan fingerprint density at radius 1 is 0.435 bits per heavy atom. The maximum absolute atomic E-state index is 14.5. The van der Waals surface area contributed by atoms with Crippen LogP contribution in [0.4, 0.5) is 0 Å².